The van der Waals surface area contributed by atoms with Crippen LogP contribution in [-0.2, 0) is 52.3 Å². The maximum atomic E-state index is 14.0. The fraction of sp³-hybridized carbons (Fsp3) is 0.788. The Kier molecular flexibility index (Phi) is 6.44. The highest BCUT2D eigenvalue weighted by molar-refractivity contribution is 5.88. The van der Waals surface area contributed by atoms with Crippen LogP contribution in [0.2, 0.25) is 0 Å². The van der Waals surface area contributed by atoms with Gasteiger partial charge in [-0.3, -0.25) is 9.59 Å². The van der Waals surface area contributed by atoms with E-state index >= 15 is 0 Å². The van der Waals surface area contributed by atoms with Gasteiger partial charge in [-0.1, -0.05) is 13.0 Å². The number of fused-ring (bicyclic) bond motifs is 7. The average molecular weight is 663 g/mol. The molecule has 8 rings (SSSR count). The minimum atomic E-state index is -1.63. The number of hydrogen-bond acceptors (Lipinski definition) is 14. The SMILES string of the molecule is C/C=C(\C)C(=O)O[C@H]1C[C@@H](OC(C)=O)[C@@]2(C(=O)OC)CO[C@H]3[C@@H](O)[C@@](C)([C@]45O[C@@]4(C)[C@H]4C[C@@H]5O[C@@H]5OC=C[C@@]54O)[C@@H]4[C@@H](O)OC[C@@]14[C@@H]32. The number of methoxy groups -OCH3 is 1. The van der Waals surface area contributed by atoms with E-state index < -0.39 is 112 Å². The van der Waals surface area contributed by atoms with Gasteiger partial charge in [0.05, 0.1) is 44.9 Å². The topological polar surface area (TPSA) is 189 Å². The number of allylic oxidation sites excluding steroid dienone is 1. The maximum absolute atomic E-state index is 14.0. The first-order valence-corrected chi connectivity index (χ1v) is 16.2. The maximum Gasteiger partial charge on any atom is 0.333 e. The second kappa shape index (κ2) is 9.55. The van der Waals surface area contributed by atoms with Gasteiger partial charge in [0.15, 0.2) is 11.9 Å². The molecule has 5 heterocycles. The Morgan fingerprint density at radius 2 is 1.74 bits per heavy atom. The lowest BCUT2D eigenvalue weighted by Crippen LogP contribution is -2.77. The number of epoxide rings is 1. The number of ether oxygens (including phenoxy) is 8. The lowest BCUT2D eigenvalue weighted by atomic mass is 9.38. The van der Waals surface area contributed by atoms with Crippen molar-refractivity contribution in [1.29, 1.82) is 0 Å². The average Bonchev–Trinajstić information content (AvgIpc) is 3.43. The van der Waals surface area contributed by atoms with E-state index in [1.807, 2.05) is 6.92 Å². The zero-order valence-corrected chi connectivity index (χ0v) is 27.2. The third-order valence-corrected chi connectivity index (χ3v) is 13.6. The predicted octanol–water partition coefficient (Wildman–Crippen LogP) is 0.254. The Morgan fingerprint density at radius 1 is 1.00 bits per heavy atom. The van der Waals surface area contributed by atoms with Crippen molar-refractivity contribution < 1.29 is 67.6 Å². The van der Waals surface area contributed by atoms with Crippen molar-refractivity contribution in [2.24, 2.45) is 34.0 Å². The summed E-state index contributed by atoms with van der Waals surface area (Å²) in [5.41, 5.74) is -7.94. The molecule has 14 heteroatoms. The van der Waals surface area contributed by atoms with Gasteiger partial charge in [0.1, 0.15) is 28.8 Å². The van der Waals surface area contributed by atoms with Crippen molar-refractivity contribution in [3.63, 3.8) is 0 Å². The molecule has 0 aromatic rings. The molecule has 0 unspecified atom stereocenters. The van der Waals surface area contributed by atoms with Gasteiger partial charge >= 0.3 is 17.9 Å². The Balaban J connectivity index is 1.34. The molecule has 47 heavy (non-hydrogen) atoms. The number of rotatable bonds is 5. The molecule has 2 bridgehead atoms. The Hall–Kier alpha value is -2.59. The molecule has 3 aliphatic carbocycles. The lowest BCUT2D eigenvalue weighted by Gasteiger charge is -2.65. The van der Waals surface area contributed by atoms with Crippen LogP contribution in [0.15, 0.2) is 24.0 Å². The van der Waals surface area contributed by atoms with E-state index in [-0.39, 0.29) is 19.6 Å². The second-order valence-corrected chi connectivity index (χ2v) is 15.0. The third kappa shape index (κ3) is 3.29. The summed E-state index contributed by atoms with van der Waals surface area (Å²) >= 11 is 0. The quantitative estimate of drug-likeness (QED) is 0.157. The molecular weight excluding hydrogens is 620 g/mol. The van der Waals surface area contributed by atoms with Crippen molar-refractivity contribution in [3.05, 3.63) is 24.0 Å². The molecule has 0 aromatic carbocycles. The van der Waals surface area contributed by atoms with Gasteiger partial charge in [0.2, 0.25) is 6.29 Å². The van der Waals surface area contributed by atoms with Gasteiger partial charge in [-0.05, 0) is 33.3 Å². The Bertz CT molecular complexity index is 1490. The molecule has 0 aromatic heterocycles. The first-order chi connectivity index (χ1) is 22.1. The van der Waals surface area contributed by atoms with Gasteiger partial charge in [-0.2, -0.15) is 0 Å². The minimum Gasteiger partial charge on any atom is -0.469 e. The number of aliphatic hydroxyl groups is 3. The molecular formula is C33H42O14. The van der Waals surface area contributed by atoms with Crippen LogP contribution in [-0.4, -0.2) is 113 Å². The highest BCUT2D eigenvalue weighted by Crippen LogP contribution is 2.82. The standard InChI is InChI=1S/C33H42O14/c1-7-14(2)24(36)45-17-11-18(44-15(3)34)31(26(38)40-6)13-42-20-21(31)30(17)12-43-25(37)22(30)28(4,23(20)35)33-19-10-16(29(33,5)47-33)32(39)8-9-41-27(32)46-19/h7-9,16-23,25,27,35,37,39H,10-13H2,1-6H3/b14-7+/t16-,17+,18-,19+,20-,21-,22+,23-,25+,27+,28+,29+,30+,31+,32+,33+/m1/s1. The first-order valence-electron chi connectivity index (χ1n) is 16.2. The van der Waals surface area contributed by atoms with Crippen molar-refractivity contribution in [2.45, 2.75) is 107 Å². The van der Waals surface area contributed by atoms with E-state index in [4.69, 9.17) is 37.9 Å². The fourth-order valence-electron chi connectivity index (χ4n) is 11.7. The van der Waals surface area contributed by atoms with Crippen LogP contribution in [0.25, 0.3) is 0 Å². The third-order valence-electron chi connectivity index (χ3n) is 13.6. The number of carbonyl (C=O) groups is 3. The van der Waals surface area contributed by atoms with Crippen LogP contribution in [0, 0.1) is 34.0 Å². The molecule has 3 saturated carbocycles. The minimum absolute atomic E-state index is 0.128. The van der Waals surface area contributed by atoms with Crippen LogP contribution in [0.3, 0.4) is 0 Å². The zero-order valence-electron chi connectivity index (χ0n) is 27.2. The molecule has 16 atom stereocenters. The molecule has 4 saturated heterocycles. The summed E-state index contributed by atoms with van der Waals surface area (Å²) in [4.78, 5) is 40.0. The number of carbonyl (C=O) groups excluding carboxylic acids is 3. The van der Waals surface area contributed by atoms with E-state index in [2.05, 4.69) is 0 Å². The van der Waals surface area contributed by atoms with Gasteiger partial charge in [0, 0.05) is 47.5 Å². The molecule has 3 N–H and O–H groups in total. The molecule has 1 spiro atoms. The van der Waals surface area contributed by atoms with Gasteiger partial charge in [-0.25, -0.2) is 4.79 Å². The summed E-state index contributed by atoms with van der Waals surface area (Å²) in [5.74, 6) is -4.53. The molecule has 0 amide bonds. The Morgan fingerprint density at radius 3 is 2.43 bits per heavy atom. The Labute approximate surface area is 271 Å². The molecule has 5 aliphatic heterocycles. The lowest BCUT2D eigenvalue weighted by molar-refractivity contribution is -0.302. The van der Waals surface area contributed by atoms with Crippen molar-refractivity contribution in [2.75, 3.05) is 20.3 Å². The van der Waals surface area contributed by atoms with Crippen LogP contribution in [0.1, 0.15) is 47.5 Å². The molecule has 0 radical (unpaired) electrons. The smallest absolute Gasteiger partial charge is 0.333 e. The highest BCUT2D eigenvalue weighted by Gasteiger charge is 2.95. The monoisotopic (exact) mass is 662 g/mol. The number of hydrogen-bond donors (Lipinski definition) is 3. The predicted molar refractivity (Wildman–Crippen MR) is 153 cm³/mol. The van der Waals surface area contributed by atoms with Gasteiger partial charge in [-0.15, -0.1) is 0 Å². The number of aliphatic hydroxyl groups excluding tert-OH is 2. The van der Waals surface area contributed by atoms with Crippen molar-refractivity contribution >= 4 is 17.9 Å². The largest absolute Gasteiger partial charge is 0.469 e. The van der Waals surface area contributed by atoms with E-state index in [0.717, 1.165) is 0 Å². The molecule has 8 aliphatic rings. The van der Waals surface area contributed by atoms with E-state index in [1.54, 1.807) is 32.9 Å². The normalized spacial score (nSPS) is 56.1. The summed E-state index contributed by atoms with van der Waals surface area (Å²) in [6.45, 7) is 7.74. The summed E-state index contributed by atoms with van der Waals surface area (Å²) in [5, 5.41) is 36.4. The molecule has 258 valence electrons. The zero-order chi connectivity index (χ0) is 33.7. The van der Waals surface area contributed by atoms with Crippen LogP contribution in [0.5, 0.6) is 0 Å². The first kappa shape index (κ1) is 31.7. The summed E-state index contributed by atoms with van der Waals surface area (Å²) < 4.78 is 48.7. The second-order valence-electron chi connectivity index (χ2n) is 15.0. The molecule has 14 nitrogen and oxygen atoms in total. The van der Waals surface area contributed by atoms with Crippen LogP contribution in [0.4, 0.5) is 0 Å². The molecule has 7 fully saturated rings. The van der Waals surface area contributed by atoms with E-state index in [1.165, 1.54) is 20.3 Å². The number of esters is 3. The van der Waals surface area contributed by atoms with Gasteiger partial charge < -0.3 is 53.2 Å². The van der Waals surface area contributed by atoms with Gasteiger partial charge in [0.25, 0.3) is 0 Å². The van der Waals surface area contributed by atoms with Crippen molar-refractivity contribution in [3.8, 4) is 0 Å². The summed E-state index contributed by atoms with van der Waals surface area (Å²) in [6.07, 6.45) is -3.09. The van der Waals surface area contributed by atoms with Crippen LogP contribution < -0.4 is 0 Å². The fourth-order valence-corrected chi connectivity index (χ4v) is 11.7. The van der Waals surface area contributed by atoms with Crippen molar-refractivity contribution in [1.82, 2.24) is 0 Å². The van der Waals surface area contributed by atoms with Crippen LogP contribution >= 0.6 is 0 Å². The van der Waals surface area contributed by atoms with E-state index in [0.29, 0.717) is 12.0 Å². The summed E-state index contributed by atoms with van der Waals surface area (Å²) in [7, 11) is 1.22. The highest BCUT2D eigenvalue weighted by atomic mass is 16.7. The van der Waals surface area contributed by atoms with E-state index in [9.17, 15) is 29.7 Å². The summed E-state index contributed by atoms with van der Waals surface area (Å²) in [6, 6.07) is 0.